The molecule has 0 saturated heterocycles. The summed E-state index contributed by atoms with van der Waals surface area (Å²) in [7, 11) is 1.51. The topological polar surface area (TPSA) is 26.3 Å². The van der Waals surface area contributed by atoms with Gasteiger partial charge in [0.25, 0.3) is 0 Å². The molecule has 0 spiro atoms. The highest BCUT2D eigenvalue weighted by Crippen LogP contribution is 1.82. The molecule has 0 radical (unpaired) electrons. The standard InChI is InChI=1S/C5H8O2/c1-5(3-6)4-7-2/h3-4H,1-2H3/b5-4+. The summed E-state index contributed by atoms with van der Waals surface area (Å²) in [5.41, 5.74) is 0.600. The maximum absolute atomic E-state index is 9.75. The molecular formula is C5H8O2. The lowest BCUT2D eigenvalue weighted by Crippen LogP contribution is -1.75. The number of ether oxygens (including phenoxy) is 1. The normalized spacial score (nSPS) is 10.9. The number of methoxy groups -OCH3 is 1. The fourth-order valence-corrected chi connectivity index (χ4v) is 0.214. The van der Waals surface area contributed by atoms with Crippen molar-refractivity contribution in [3.05, 3.63) is 11.8 Å². The van der Waals surface area contributed by atoms with Crippen molar-refractivity contribution in [2.75, 3.05) is 7.11 Å². The summed E-state index contributed by atoms with van der Waals surface area (Å²) >= 11 is 0. The van der Waals surface area contributed by atoms with E-state index in [0.29, 0.717) is 5.57 Å². The monoisotopic (exact) mass is 100 g/mol. The van der Waals surface area contributed by atoms with Crippen LogP contribution in [-0.2, 0) is 9.53 Å². The lowest BCUT2D eigenvalue weighted by atomic mass is 10.4. The average Bonchev–Trinajstić information content (AvgIpc) is 1.68. The van der Waals surface area contributed by atoms with Crippen molar-refractivity contribution >= 4 is 6.29 Å². The van der Waals surface area contributed by atoms with E-state index in [1.165, 1.54) is 13.4 Å². The molecule has 0 aliphatic rings. The van der Waals surface area contributed by atoms with Crippen molar-refractivity contribution in [2.24, 2.45) is 0 Å². The third kappa shape index (κ3) is 3.03. The Morgan fingerprint density at radius 2 is 2.29 bits per heavy atom. The quantitative estimate of drug-likeness (QED) is 0.290. The van der Waals surface area contributed by atoms with Crippen LogP contribution in [0, 0.1) is 0 Å². The molecule has 2 nitrogen and oxygen atoms in total. The van der Waals surface area contributed by atoms with Crippen molar-refractivity contribution in [1.29, 1.82) is 0 Å². The van der Waals surface area contributed by atoms with Gasteiger partial charge in [0.05, 0.1) is 13.4 Å². The molecule has 0 rings (SSSR count). The first-order chi connectivity index (χ1) is 3.31. The molecule has 0 fully saturated rings. The number of hydrogen-bond donors (Lipinski definition) is 0. The Labute approximate surface area is 42.8 Å². The largest absolute Gasteiger partial charge is 0.504 e. The van der Waals surface area contributed by atoms with Crippen LogP contribution in [0.15, 0.2) is 11.8 Å². The molecule has 0 aliphatic carbocycles. The lowest BCUT2D eigenvalue weighted by Gasteiger charge is -1.84. The smallest absolute Gasteiger partial charge is 0.148 e. The van der Waals surface area contributed by atoms with Crippen LogP contribution >= 0.6 is 0 Å². The molecule has 0 N–H and O–H groups in total. The molecule has 0 aliphatic heterocycles. The highest BCUT2D eigenvalue weighted by Gasteiger charge is 1.77. The number of aldehydes is 1. The second kappa shape index (κ2) is 3.40. The molecule has 7 heavy (non-hydrogen) atoms. The van der Waals surface area contributed by atoms with Gasteiger partial charge in [0.1, 0.15) is 6.29 Å². The van der Waals surface area contributed by atoms with Crippen LogP contribution in [-0.4, -0.2) is 13.4 Å². The molecule has 2 heteroatoms. The van der Waals surface area contributed by atoms with Crippen molar-refractivity contribution < 1.29 is 9.53 Å². The first kappa shape index (κ1) is 6.21. The number of allylic oxidation sites excluding steroid dienone is 1. The maximum Gasteiger partial charge on any atom is 0.148 e. The zero-order valence-electron chi connectivity index (χ0n) is 4.47. The zero-order chi connectivity index (χ0) is 5.70. The minimum atomic E-state index is 0.600. The summed E-state index contributed by atoms with van der Waals surface area (Å²) in [5.74, 6) is 0. The molecule has 0 saturated carbocycles. The predicted octanol–water partition coefficient (Wildman–Crippen LogP) is 0.736. The van der Waals surface area contributed by atoms with E-state index in [2.05, 4.69) is 4.74 Å². The number of rotatable bonds is 2. The van der Waals surface area contributed by atoms with E-state index < -0.39 is 0 Å². The minimum Gasteiger partial charge on any atom is -0.504 e. The Balaban J connectivity index is 3.49. The lowest BCUT2D eigenvalue weighted by molar-refractivity contribution is -0.105. The summed E-state index contributed by atoms with van der Waals surface area (Å²) < 4.78 is 4.50. The van der Waals surface area contributed by atoms with Crippen molar-refractivity contribution in [1.82, 2.24) is 0 Å². The molecule has 0 atom stereocenters. The summed E-state index contributed by atoms with van der Waals surface area (Å²) in [6, 6.07) is 0. The SMILES string of the molecule is CO/C=C(\C)C=O. The van der Waals surface area contributed by atoms with Crippen LogP contribution in [0.5, 0.6) is 0 Å². The van der Waals surface area contributed by atoms with Gasteiger partial charge >= 0.3 is 0 Å². The van der Waals surface area contributed by atoms with Crippen LogP contribution in [0.25, 0.3) is 0 Å². The van der Waals surface area contributed by atoms with Crippen LogP contribution in [0.1, 0.15) is 6.92 Å². The molecule has 40 valence electrons. The predicted molar refractivity (Wildman–Crippen MR) is 26.8 cm³/mol. The third-order valence-electron chi connectivity index (χ3n) is 0.490. The first-order valence-electron chi connectivity index (χ1n) is 1.96. The Kier molecular flexibility index (Phi) is 3.02. The van der Waals surface area contributed by atoms with E-state index in [1.54, 1.807) is 6.92 Å². The van der Waals surface area contributed by atoms with Gasteiger partial charge < -0.3 is 4.74 Å². The second-order valence-electron chi connectivity index (χ2n) is 1.22. The van der Waals surface area contributed by atoms with Crippen molar-refractivity contribution in [2.45, 2.75) is 6.92 Å². The van der Waals surface area contributed by atoms with Gasteiger partial charge in [-0.05, 0) is 6.92 Å². The number of carbonyl (C=O) groups excluding carboxylic acids is 1. The zero-order valence-corrected chi connectivity index (χ0v) is 4.47. The molecule has 0 aromatic carbocycles. The van der Waals surface area contributed by atoms with Gasteiger partial charge in [-0.1, -0.05) is 0 Å². The number of hydrogen-bond acceptors (Lipinski definition) is 2. The molecule has 0 bridgehead atoms. The minimum absolute atomic E-state index is 0.600. The highest BCUT2D eigenvalue weighted by molar-refractivity contribution is 5.71. The molecule has 0 amide bonds. The van der Waals surface area contributed by atoms with Gasteiger partial charge in [-0.3, -0.25) is 4.79 Å². The molecular weight excluding hydrogens is 92.1 g/mol. The van der Waals surface area contributed by atoms with Gasteiger partial charge in [0.15, 0.2) is 0 Å². The average molecular weight is 100 g/mol. The second-order valence-corrected chi connectivity index (χ2v) is 1.22. The van der Waals surface area contributed by atoms with Crippen LogP contribution in [0.3, 0.4) is 0 Å². The van der Waals surface area contributed by atoms with E-state index in [-0.39, 0.29) is 0 Å². The first-order valence-corrected chi connectivity index (χ1v) is 1.96. The van der Waals surface area contributed by atoms with E-state index in [0.717, 1.165) is 6.29 Å². The van der Waals surface area contributed by atoms with Gasteiger partial charge in [0, 0.05) is 5.57 Å². The molecule has 0 aromatic heterocycles. The Morgan fingerprint density at radius 3 is 2.43 bits per heavy atom. The van der Waals surface area contributed by atoms with Crippen LogP contribution in [0.4, 0.5) is 0 Å². The van der Waals surface area contributed by atoms with E-state index >= 15 is 0 Å². The van der Waals surface area contributed by atoms with Gasteiger partial charge in [0.2, 0.25) is 0 Å². The van der Waals surface area contributed by atoms with Gasteiger partial charge in [-0.25, -0.2) is 0 Å². The van der Waals surface area contributed by atoms with Crippen molar-refractivity contribution in [3.8, 4) is 0 Å². The molecule has 0 aromatic rings. The van der Waals surface area contributed by atoms with Gasteiger partial charge in [-0.2, -0.15) is 0 Å². The summed E-state index contributed by atoms with van der Waals surface area (Å²) in [6.45, 7) is 1.68. The Bertz CT molecular complexity index is 84.1. The fraction of sp³-hybridized carbons (Fsp3) is 0.400. The van der Waals surface area contributed by atoms with Crippen LogP contribution < -0.4 is 0 Å². The molecule has 0 unspecified atom stereocenters. The van der Waals surface area contributed by atoms with E-state index in [4.69, 9.17) is 0 Å². The van der Waals surface area contributed by atoms with Crippen molar-refractivity contribution in [3.63, 3.8) is 0 Å². The fourth-order valence-electron chi connectivity index (χ4n) is 0.214. The Morgan fingerprint density at radius 1 is 1.71 bits per heavy atom. The maximum atomic E-state index is 9.75. The summed E-state index contributed by atoms with van der Waals surface area (Å²) in [6.07, 6.45) is 2.14. The van der Waals surface area contributed by atoms with Crippen LogP contribution in [0.2, 0.25) is 0 Å². The number of carbonyl (C=O) groups is 1. The van der Waals surface area contributed by atoms with Gasteiger partial charge in [-0.15, -0.1) is 0 Å². The summed E-state index contributed by atoms with van der Waals surface area (Å²) in [5, 5.41) is 0. The Hall–Kier alpha value is -0.790. The van der Waals surface area contributed by atoms with E-state index in [9.17, 15) is 4.79 Å². The molecule has 0 heterocycles. The van der Waals surface area contributed by atoms with E-state index in [1.807, 2.05) is 0 Å². The summed E-state index contributed by atoms with van der Waals surface area (Å²) in [4.78, 5) is 9.75. The highest BCUT2D eigenvalue weighted by atomic mass is 16.5. The third-order valence-corrected chi connectivity index (χ3v) is 0.490.